The fourth-order valence-electron chi connectivity index (χ4n) is 1.24. The Balaban J connectivity index is 3.44. The third-order valence-electron chi connectivity index (χ3n) is 2.17. The third kappa shape index (κ3) is 1.88. The molecule has 14 heavy (non-hydrogen) atoms. The number of hydrogen-bond donors (Lipinski definition) is 0. The highest BCUT2D eigenvalue weighted by atomic mass is 35.5. The second-order valence-corrected chi connectivity index (χ2v) is 4.26. The van der Waals surface area contributed by atoms with Gasteiger partial charge in [0.05, 0.1) is 11.5 Å². The van der Waals surface area contributed by atoms with Crippen molar-refractivity contribution in [2.45, 2.75) is 26.2 Å². The average Bonchev–Trinajstić information content (AvgIpc) is 2.11. The zero-order valence-electron chi connectivity index (χ0n) is 8.36. The maximum Gasteiger partial charge on any atom is 0.131 e. The van der Waals surface area contributed by atoms with E-state index >= 15 is 0 Å². The number of nitrogens with zero attached hydrogens (tertiary/aromatic N) is 1. The molecule has 0 bridgehead atoms. The topological polar surface area (TPSA) is 23.8 Å². The zero-order valence-corrected chi connectivity index (χ0v) is 9.11. The smallest absolute Gasteiger partial charge is 0.131 e. The van der Waals surface area contributed by atoms with Crippen molar-refractivity contribution in [2.24, 2.45) is 0 Å². The van der Waals surface area contributed by atoms with Crippen molar-refractivity contribution in [1.29, 1.82) is 5.26 Å². The van der Waals surface area contributed by atoms with E-state index < -0.39 is 5.41 Å². The van der Waals surface area contributed by atoms with E-state index in [0.717, 1.165) is 0 Å². The van der Waals surface area contributed by atoms with Gasteiger partial charge in [-0.2, -0.15) is 5.26 Å². The van der Waals surface area contributed by atoms with Gasteiger partial charge in [-0.1, -0.05) is 11.6 Å². The zero-order chi connectivity index (χ0) is 10.9. The molecule has 0 N–H and O–H groups in total. The molecule has 1 aromatic carbocycles. The van der Waals surface area contributed by atoms with Crippen LogP contribution in [-0.2, 0) is 5.41 Å². The van der Waals surface area contributed by atoms with E-state index in [0.29, 0.717) is 16.1 Å². The quantitative estimate of drug-likeness (QED) is 0.697. The molecular formula is C11H11ClFN. The van der Waals surface area contributed by atoms with Crippen molar-refractivity contribution >= 4 is 11.6 Å². The van der Waals surface area contributed by atoms with Gasteiger partial charge in [-0.25, -0.2) is 4.39 Å². The number of nitriles is 1. The van der Waals surface area contributed by atoms with Gasteiger partial charge in [0.25, 0.3) is 0 Å². The standard InChI is InChI=1S/C11H11ClFN/c1-7-4-8(12)5-9(10(7)13)11(2,3)6-14/h4-5H,1-3H3. The van der Waals surface area contributed by atoms with Crippen molar-refractivity contribution < 1.29 is 4.39 Å². The van der Waals surface area contributed by atoms with Crippen LogP contribution in [0.3, 0.4) is 0 Å². The van der Waals surface area contributed by atoms with E-state index in [1.807, 2.05) is 0 Å². The Labute approximate surface area is 88.1 Å². The van der Waals surface area contributed by atoms with Crippen LogP contribution in [-0.4, -0.2) is 0 Å². The van der Waals surface area contributed by atoms with Crippen LogP contribution < -0.4 is 0 Å². The Bertz CT molecular complexity index is 404. The molecule has 0 amide bonds. The molecule has 1 rings (SSSR count). The summed E-state index contributed by atoms with van der Waals surface area (Å²) in [5.74, 6) is -0.346. The van der Waals surface area contributed by atoms with Crippen LogP contribution in [0.1, 0.15) is 25.0 Å². The monoisotopic (exact) mass is 211 g/mol. The first-order valence-electron chi connectivity index (χ1n) is 4.26. The van der Waals surface area contributed by atoms with Crippen LogP contribution >= 0.6 is 11.6 Å². The summed E-state index contributed by atoms with van der Waals surface area (Å²) in [6.07, 6.45) is 0. The molecule has 0 fully saturated rings. The number of rotatable bonds is 1. The molecule has 0 saturated carbocycles. The van der Waals surface area contributed by atoms with Crippen molar-refractivity contribution in [3.63, 3.8) is 0 Å². The minimum absolute atomic E-state index is 0.346. The van der Waals surface area contributed by atoms with Gasteiger partial charge in [-0.05, 0) is 38.5 Å². The Morgan fingerprint density at radius 3 is 2.50 bits per heavy atom. The first kappa shape index (κ1) is 11.0. The summed E-state index contributed by atoms with van der Waals surface area (Å²) in [5.41, 5.74) is -0.0273. The number of hydrogen-bond acceptors (Lipinski definition) is 1. The Morgan fingerprint density at radius 1 is 1.43 bits per heavy atom. The second-order valence-electron chi connectivity index (χ2n) is 3.82. The molecule has 0 saturated heterocycles. The predicted molar refractivity (Wildman–Crippen MR) is 54.8 cm³/mol. The highest BCUT2D eigenvalue weighted by Crippen LogP contribution is 2.29. The van der Waals surface area contributed by atoms with Gasteiger partial charge < -0.3 is 0 Å². The van der Waals surface area contributed by atoms with Crippen LogP contribution in [0.15, 0.2) is 12.1 Å². The van der Waals surface area contributed by atoms with E-state index in [-0.39, 0.29) is 5.82 Å². The number of aryl methyl sites for hydroxylation is 1. The molecule has 0 aromatic heterocycles. The molecule has 0 aliphatic rings. The summed E-state index contributed by atoms with van der Waals surface area (Å²) in [7, 11) is 0. The van der Waals surface area contributed by atoms with Crippen LogP contribution in [0.25, 0.3) is 0 Å². The lowest BCUT2D eigenvalue weighted by atomic mass is 9.85. The van der Waals surface area contributed by atoms with E-state index in [1.54, 1.807) is 26.8 Å². The lowest BCUT2D eigenvalue weighted by Gasteiger charge is -2.18. The Morgan fingerprint density at radius 2 is 2.00 bits per heavy atom. The van der Waals surface area contributed by atoms with Crippen LogP contribution in [0.2, 0.25) is 5.02 Å². The summed E-state index contributed by atoms with van der Waals surface area (Å²) in [6.45, 7) is 4.97. The van der Waals surface area contributed by atoms with Crippen LogP contribution in [0, 0.1) is 24.1 Å². The summed E-state index contributed by atoms with van der Waals surface area (Å²) >= 11 is 5.81. The van der Waals surface area contributed by atoms with Gasteiger partial charge >= 0.3 is 0 Å². The molecule has 1 aromatic rings. The Kier molecular flexibility index (Phi) is 2.82. The second kappa shape index (κ2) is 3.59. The summed E-state index contributed by atoms with van der Waals surface area (Å²) in [4.78, 5) is 0. The van der Waals surface area contributed by atoms with Gasteiger partial charge in [-0.15, -0.1) is 0 Å². The lowest BCUT2D eigenvalue weighted by molar-refractivity contribution is 0.558. The van der Waals surface area contributed by atoms with Gasteiger partial charge in [0.1, 0.15) is 5.82 Å². The largest absolute Gasteiger partial charge is 0.206 e. The molecule has 0 spiro atoms. The molecule has 0 heterocycles. The fourth-order valence-corrected chi connectivity index (χ4v) is 1.51. The molecule has 74 valence electrons. The molecule has 0 radical (unpaired) electrons. The lowest BCUT2D eigenvalue weighted by Crippen LogP contribution is -2.16. The van der Waals surface area contributed by atoms with Gasteiger partial charge in [0.2, 0.25) is 0 Å². The van der Waals surface area contributed by atoms with E-state index in [9.17, 15) is 4.39 Å². The molecule has 0 aliphatic carbocycles. The SMILES string of the molecule is Cc1cc(Cl)cc(C(C)(C)C#N)c1F. The van der Waals surface area contributed by atoms with E-state index in [2.05, 4.69) is 6.07 Å². The maximum absolute atomic E-state index is 13.7. The maximum atomic E-state index is 13.7. The molecule has 0 atom stereocenters. The number of halogens is 2. The molecule has 0 aliphatic heterocycles. The first-order valence-corrected chi connectivity index (χ1v) is 4.63. The average molecular weight is 212 g/mol. The molecule has 1 nitrogen and oxygen atoms in total. The van der Waals surface area contributed by atoms with Crippen LogP contribution in [0.5, 0.6) is 0 Å². The minimum Gasteiger partial charge on any atom is -0.206 e. The normalized spacial score (nSPS) is 11.1. The van der Waals surface area contributed by atoms with E-state index in [4.69, 9.17) is 16.9 Å². The summed E-state index contributed by atoms with van der Waals surface area (Å²) in [6, 6.07) is 5.11. The van der Waals surface area contributed by atoms with Crippen molar-refractivity contribution in [1.82, 2.24) is 0 Å². The summed E-state index contributed by atoms with van der Waals surface area (Å²) < 4.78 is 13.7. The first-order chi connectivity index (χ1) is 6.38. The predicted octanol–water partition coefficient (Wildman–Crippen LogP) is 3.59. The Hall–Kier alpha value is -1.07. The highest BCUT2D eigenvalue weighted by Gasteiger charge is 2.25. The van der Waals surface area contributed by atoms with Crippen molar-refractivity contribution in [3.05, 3.63) is 34.1 Å². The molecule has 0 unspecified atom stereocenters. The van der Waals surface area contributed by atoms with Gasteiger partial charge in [-0.3, -0.25) is 0 Å². The third-order valence-corrected chi connectivity index (χ3v) is 2.39. The molecular weight excluding hydrogens is 201 g/mol. The summed E-state index contributed by atoms with van der Waals surface area (Å²) in [5, 5.41) is 9.35. The van der Waals surface area contributed by atoms with E-state index in [1.165, 1.54) is 6.07 Å². The van der Waals surface area contributed by atoms with Crippen LogP contribution in [0.4, 0.5) is 4.39 Å². The molecule has 3 heteroatoms. The number of benzene rings is 1. The highest BCUT2D eigenvalue weighted by molar-refractivity contribution is 6.30. The van der Waals surface area contributed by atoms with Gasteiger partial charge in [0.15, 0.2) is 0 Å². The van der Waals surface area contributed by atoms with Gasteiger partial charge in [0, 0.05) is 10.6 Å². The fraction of sp³-hybridized carbons (Fsp3) is 0.364. The van der Waals surface area contributed by atoms with Crippen molar-refractivity contribution in [2.75, 3.05) is 0 Å². The van der Waals surface area contributed by atoms with Crippen molar-refractivity contribution in [3.8, 4) is 6.07 Å². The minimum atomic E-state index is -0.847.